The summed E-state index contributed by atoms with van der Waals surface area (Å²) >= 11 is 6.04. The lowest BCUT2D eigenvalue weighted by Crippen LogP contribution is -2.33. The van der Waals surface area contributed by atoms with Gasteiger partial charge in [-0.1, -0.05) is 11.6 Å². The summed E-state index contributed by atoms with van der Waals surface area (Å²) in [5, 5.41) is 5.62. The maximum Gasteiger partial charge on any atom is 0.292 e. The molecule has 2 aliphatic rings. The molecule has 0 amide bonds. The Morgan fingerprint density at radius 1 is 1.40 bits per heavy atom. The van der Waals surface area contributed by atoms with Crippen LogP contribution in [-0.4, -0.2) is 53.6 Å². The van der Waals surface area contributed by atoms with Gasteiger partial charge in [-0.05, 0) is 19.3 Å². The third kappa shape index (κ3) is 2.96. The number of halogens is 3. The van der Waals surface area contributed by atoms with Crippen LogP contribution in [0.3, 0.4) is 0 Å². The van der Waals surface area contributed by atoms with Crippen molar-refractivity contribution in [3.63, 3.8) is 0 Å². The third-order valence-electron chi connectivity index (χ3n) is 4.81. The minimum absolute atomic E-state index is 0.0732. The predicted molar refractivity (Wildman–Crippen MR) is 89.3 cm³/mol. The summed E-state index contributed by atoms with van der Waals surface area (Å²) < 4.78 is 40.7. The zero-order valence-corrected chi connectivity index (χ0v) is 14.5. The monoisotopic (exact) mass is 372 g/mol. The second-order valence-corrected chi connectivity index (χ2v) is 6.87. The number of ether oxygens (including phenoxy) is 2. The average molecular weight is 373 g/mol. The van der Waals surface area contributed by atoms with E-state index in [2.05, 4.69) is 10.1 Å². The van der Waals surface area contributed by atoms with E-state index >= 15 is 0 Å². The molecule has 0 N–H and O–H groups in total. The number of hydrogen-bond donors (Lipinski definition) is 0. The Hall–Kier alpha value is -1.51. The molecule has 9 heteroatoms. The second kappa shape index (κ2) is 6.34. The number of alkyl halides is 2. The van der Waals surface area contributed by atoms with Crippen molar-refractivity contribution in [3.05, 3.63) is 17.4 Å². The molecule has 2 fully saturated rings. The van der Waals surface area contributed by atoms with E-state index < -0.39 is 18.6 Å². The van der Waals surface area contributed by atoms with Crippen molar-refractivity contribution >= 4 is 28.3 Å². The molecule has 2 saturated heterocycles. The normalized spacial score (nSPS) is 26.5. The first-order valence-electron chi connectivity index (χ1n) is 8.30. The van der Waals surface area contributed by atoms with Crippen LogP contribution in [0.2, 0.25) is 5.15 Å². The number of anilines is 1. The Kier molecular flexibility index (Phi) is 4.29. The van der Waals surface area contributed by atoms with E-state index in [4.69, 9.17) is 21.1 Å². The Labute approximate surface area is 148 Å². The summed E-state index contributed by atoms with van der Waals surface area (Å²) in [6, 6.07) is 1.70. The van der Waals surface area contributed by atoms with Gasteiger partial charge in [0.2, 0.25) is 0 Å². The van der Waals surface area contributed by atoms with E-state index in [-0.39, 0.29) is 12.8 Å². The van der Waals surface area contributed by atoms with E-state index in [9.17, 15) is 8.78 Å². The summed E-state index contributed by atoms with van der Waals surface area (Å²) in [6.07, 6.45) is 3.08. The molecule has 0 saturated carbocycles. The van der Waals surface area contributed by atoms with E-state index in [0.717, 1.165) is 24.8 Å². The summed E-state index contributed by atoms with van der Waals surface area (Å²) in [7, 11) is 1.30. The van der Waals surface area contributed by atoms with Crippen LogP contribution in [-0.2, 0) is 9.47 Å². The molecule has 4 rings (SSSR count). The van der Waals surface area contributed by atoms with Gasteiger partial charge < -0.3 is 14.4 Å². The minimum Gasteiger partial charge on any atom is -0.373 e. The molecule has 2 atom stereocenters. The summed E-state index contributed by atoms with van der Waals surface area (Å²) in [6.45, 7) is 0.295. The van der Waals surface area contributed by atoms with Gasteiger partial charge in [0.25, 0.3) is 5.92 Å². The molecule has 0 aliphatic carbocycles. The van der Waals surface area contributed by atoms with E-state index in [0.29, 0.717) is 23.0 Å². The SMILES string of the molecule is COC1CN(c2nn(C3CCCCO3)c3cc(Cl)ncc23)CC1(F)F. The molecule has 4 heterocycles. The molecule has 136 valence electrons. The first-order valence-corrected chi connectivity index (χ1v) is 8.68. The van der Waals surface area contributed by atoms with Crippen LogP contribution in [0.5, 0.6) is 0 Å². The number of pyridine rings is 1. The van der Waals surface area contributed by atoms with E-state index in [1.807, 2.05) is 0 Å². The molecule has 0 spiro atoms. The fourth-order valence-corrected chi connectivity index (χ4v) is 3.68. The highest BCUT2D eigenvalue weighted by Crippen LogP contribution is 2.37. The summed E-state index contributed by atoms with van der Waals surface area (Å²) in [5.41, 5.74) is 0.742. The molecule has 2 unspecified atom stereocenters. The Morgan fingerprint density at radius 3 is 2.92 bits per heavy atom. The molecule has 2 aromatic rings. The van der Waals surface area contributed by atoms with Gasteiger partial charge in [0.1, 0.15) is 11.3 Å². The fourth-order valence-electron chi connectivity index (χ4n) is 3.52. The number of methoxy groups -OCH3 is 1. The van der Waals surface area contributed by atoms with Crippen LogP contribution < -0.4 is 4.90 Å². The second-order valence-electron chi connectivity index (χ2n) is 6.48. The smallest absolute Gasteiger partial charge is 0.292 e. The van der Waals surface area contributed by atoms with Gasteiger partial charge in [-0.2, -0.15) is 5.10 Å². The first-order chi connectivity index (χ1) is 12.0. The van der Waals surface area contributed by atoms with Gasteiger partial charge in [0.15, 0.2) is 12.0 Å². The molecule has 0 bridgehead atoms. The van der Waals surface area contributed by atoms with Crippen molar-refractivity contribution in [1.82, 2.24) is 14.8 Å². The van der Waals surface area contributed by atoms with Gasteiger partial charge >= 0.3 is 0 Å². The molecule has 6 nitrogen and oxygen atoms in total. The van der Waals surface area contributed by atoms with Crippen molar-refractivity contribution in [1.29, 1.82) is 0 Å². The highest BCUT2D eigenvalue weighted by molar-refractivity contribution is 6.30. The van der Waals surface area contributed by atoms with Gasteiger partial charge in [-0.3, -0.25) is 0 Å². The number of rotatable bonds is 3. The Balaban J connectivity index is 1.77. The largest absolute Gasteiger partial charge is 0.373 e. The Morgan fingerprint density at radius 2 is 2.24 bits per heavy atom. The lowest BCUT2D eigenvalue weighted by Gasteiger charge is -2.23. The van der Waals surface area contributed by atoms with Crippen molar-refractivity contribution in [2.24, 2.45) is 0 Å². The van der Waals surface area contributed by atoms with E-state index in [1.165, 1.54) is 7.11 Å². The van der Waals surface area contributed by atoms with Gasteiger partial charge in [-0.15, -0.1) is 0 Å². The molecule has 0 radical (unpaired) electrons. The first kappa shape index (κ1) is 16.9. The average Bonchev–Trinajstić information content (AvgIpc) is 3.12. The van der Waals surface area contributed by atoms with Crippen LogP contribution in [0.1, 0.15) is 25.5 Å². The topological polar surface area (TPSA) is 52.4 Å². The highest BCUT2D eigenvalue weighted by atomic mass is 35.5. The fraction of sp³-hybridized carbons (Fsp3) is 0.625. The van der Waals surface area contributed by atoms with Gasteiger partial charge in [0, 0.05) is 26.0 Å². The van der Waals surface area contributed by atoms with Crippen LogP contribution in [0.4, 0.5) is 14.6 Å². The lowest BCUT2D eigenvalue weighted by molar-refractivity contribution is -0.0889. The predicted octanol–water partition coefficient (Wildman–Crippen LogP) is 3.25. The van der Waals surface area contributed by atoms with Crippen LogP contribution >= 0.6 is 11.6 Å². The maximum atomic E-state index is 14.1. The molecular formula is C16H19ClF2N4O2. The molecular weight excluding hydrogens is 354 g/mol. The standard InChI is InChI=1S/C16H19ClF2N4O2/c1-24-12-8-22(9-16(12,18)19)15-10-7-20-13(17)6-11(10)23(21-15)14-4-2-3-5-25-14/h6-7,12,14H,2-5,8-9H2,1H3. The quantitative estimate of drug-likeness (QED) is 0.774. The molecule has 2 aromatic heterocycles. The molecule has 25 heavy (non-hydrogen) atoms. The van der Waals surface area contributed by atoms with Crippen molar-refractivity contribution in [2.75, 3.05) is 31.7 Å². The third-order valence-corrected chi connectivity index (χ3v) is 5.02. The zero-order chi connectivity index (χ0) is 17.6. The summed E-state index contributed by atoms with van der Waals surface area (Å²) in [5.74, 6) is -2.46. The van der Waals surface area contributed by atoms with Crippen molar-refractivity contribution < 1.29 is 18.3 Å². The van der Waals surface area contributed by atoms with Crippen LogP contribution in [0, 0.1) is 0 Å². The van der Waals surface area contributed by atoms with Crippen molar-refractivity contribution in [3.8, 4) is 0 Å². The molecule has 2 aliphatic heterocycles. The number of hydrogen-bond acceptors (Lipinski definition) is 5. The number of nitrogens with zero attached hydrogens (tertiary/aromatic N) is 4. The lowest BCUT2D eigenvalue weighted by atomic mass is 10.2. The molecule has 0 aromatic carbocycles. The summed E-state index contributed by atoms with van der Waals surface area (Å²) in [4.78, 5) is 5.65. The van der Waals surface area contributed by atoms with E-state index in [1.54, 1.807) is 21.8 Å². The minimum atomic E-state index is -2.92. The van der Waals surface area contributed by atoms with Crippen molar-refractivity contribution in [2.45, 2.75) is 37.5 Å². The zero-order valence-electron chi connectivity index (χ0n) is 13.8. The Bertz CT molecular complexity index is 779. The van der Waals surface area contributed by atoms with Crippen LogP contribution in [0.15, 0.2) is 12.3 Å². The number of aromatic nitrogens is 3. The highest BCUT2D eigenvalue weighted by Gasteiger charge is 2.49. The van der Waals surface area contributed by atoms with Gasteiger partial charge in [0.05, 0.1) is 24.0 Å². The maximum absolute atomic E-state index is 14.1. The van der Waals surface area contributed by atoms with Gasteiger partial charge in [-0.25, -0.2) is 18.4 Å². The van der Waals surface area contributed by atoms with Crippen LogP contribution in [0.25, 0.3) is 10.9 Å². The number of fused-ring (bicyclic) bond motifs is 1.